The lowest BCUT2D eigenvalue weighted by Crippen LogP contribution is -2.43. The summed E-state index contributed by atoms with van der Waals surface area (Å²) >= 11 is 0. The number of nitrogens with zero attached hydrogens (tertiary/aromatic N) is 1. The molecule has 1 saturated heterocycles. The summed E-state index contributed by atoms with van der Waals surface area (Å²) in [5.41, 5.74) is 0.743. The van der Waals surface area contributed by atoms with E-state index in [0.29, 0.717) is 0 Å². The molecule has 1 N–H and O–H groups in total. The zero-order valence-electron chi connectivity index (χ0n) is 9.68. The second-order valence-electron chi connectivity index (χ2n) is 5.19. The first kappa shape index (κ1) is 10.4. The van der Waals surface area contributed by atoms with Crippen LogP contribution in [-0.2, 0) is 0 Å². The van der Waals surface area contributed by atoms with Crippen LogP contribution in [0, 0.1) is 5.41 Å². The van der Waals surface area contributed by atoms with Crippen LogP contribution < -0.4 is 5.32 Å². The first-order valence-electron chi connectivity index (χ1n) is 6.18. The van der Waals surface area contributed by atoms with Gasteiger partial charge < -0.3 is 10.2 Å². The van der Waals surface area contributed by atoms with Gasteiger partial charge in [-0.25, -0.2) is 0 Å². The van der Waals surface area contributed by atoms with E-state index in [2.05, 4.69) is 24.2 Å². The largest absolute Gasteiger partial charge is 0.317 e. The Morgan fingerprint density at radius 3 is 2.36 bits per heavy atom. The standard InChI is InChI=1S/C12H24N2/c1-3-12(6-7-12)10-14-8-4-11(13-2)5-9-14/h11,13H,3-10H2,1-2H3. The average molecular weight is 196 g/mol. The minimum absolute atomic E-state index is 0.743. The van der Waals surface area contributed by atoms with Crippen molar-refractivity contribution in [2.75, 3.05) is 26.7 Å². The molecular weight excluding hydrogens is 172 g/mol. The highest BCUT2D eigenvalue weighted by molar-refractivity contribution is 4.95. The molecule has 0 atom stereocenters. The topological polar surface area (TPSA) is 15.3 Å². The lowest BCUT2D eigenvalue weighted by molar-refractivity contribution is 0.165. The summed E-state index contributed by atoms with van der Waals surface area (Å²) < 4.78 is 0. The molecule has 0 amide bonds. The molecule has 2 fully saturated rings. The summed E-state index contributed by atoms with van der Waals surface area (Å²) in [5.74, 6) is 0. The minimum atomic E-state index is 0.743. The Balaban J connectivity index is 1.73. The van der Waals surface area contributed by atoms with Crippen molar-refractivity contribution in [3.05, 3.63) is 0 Å². The van der Waals surface area contributed by atoms with Crippen LogP contribution in [0.2, 0.25) is 0 Å². The number of nitrogens with one attached hydrogen (secondary N) is 1. The van der Waals surface area contributed by atoms with Gasteiger partial charge in [0.1, 0.15) is 0 Å². The van der Waals surface area contributed by atoms with E-state index in [0.717, 1.165) is 11.5 Å². The monoisotopic (exact) mass is 196 g/mol. The highest BCUT2D eigenvalue weighted by Gasteiger charge is 2.42. The normalized spacial score (nSPS) is 27.9. The average Bonchev–Trinajstić information content (AvgIpc) is 3.00. The van der Waals surface area contributed by atoms with Gasteiger partial charge in [0.2, 0.25) is 0 Å². The Bertz CT molecular complexity index is 179. The highest BCUT2D eigenvalue weighted by Crippen LogP contribution is 2.49. The quantitative estimate of drug-likeness (QED) is 0.738. The van der Waals surface area contributed by atoms with Crippen molar-refractivity contribution in [3.63, 3.8) is 0 Å². The fourth-order valence-corrected chi connectivity index (χ4v) is 2.65. The molecule has 0 aromatic carbocycles. The number of hydrogen-bond acceptors (Lipinski definition) is 2. The predicted octanol–water partition coefficient (Wildman–Crippen LogP) is 1.86. The Kier molecular flexibility index (Phi) is 3.13. The van der Waals surface area contributed by atoms with Gasteiger partial charge in [-0.15, -0.1) is 0 Å². The maximum absolute atomic E-state index is 3.39. The maximum atomic E-state index is 3.39. The van der Waals surface area contributed by atoms with Crippen molar-refractivity contribution in [2.45, 2.75) is 45.1 Å². The molecule has 2 heteroatoms. The van der Waals surface area contributed by atoms with E-state index in [1.54, 1.807) is 0 Å². The first-order chi connectivity index (χ1) is 6.78. The molecule has 1 heterocycles. The molecule has 0 unspecified atom stereocenters. The van der Waals surface area contributed by atoms with Crippen LogP contribution in [0.3, 0.4) is 0 Å². The second-order valence-corrected chi connectivity index (χ2v) is 5.19. The molecule has 82 valence electrons. The number of rotatable bonds is 4. The Hall–Kier alpha value is -0.0800. The SMILES string of the molecule is CCC1(CN2CCC(NC)CC2)CC1. The van der Waals surface area contributed by atoms with Crippen LogP contribution in [-0.4, -0.2) is 37.6 Å². The Labute approximate surface area is 88.1 Å². The van der Waals surface area contributed by atoms with Crippen LogP contribution in [0.4, 0.5) is 0 Å². The molecule has 0 aromatic rings. The van der Waals surface area contributed by atoms with Gasteiger partial charge >= 0.3 is 0 Å². The van der Waals surface area contributed by atoms with Crippen LogP contribution >= 0.6 is 0 Å². The molecule has 1 aliphatic carbocycles. The molecule has 2 nitrogen and oxygen atoms in total. The summed E-state index contributed by atoms with van der Waals surface area (Å²) in [6.07, 6.45) is 7.04. The van der Waals surface area contributed by atoms with Gasteiger partial charge in [0.05, 0.1) is 0 Å². The van der Waals surface area contributed by atoms with Gasteiger partial charge in [-0.1, -0.05) is 6.92 Å². The molecule has 2 aliphatic rings. The zero-order valence-corrected chi connectivity index (χ0v) is 9.68. The van der Waals surface area contributed by atoms with Crippen LogP contribution in [0.15, 0.2) is 0 Å². The van der Waals surface area contributed by atoms with E-state index >= 15 is 0 Å². The Morgan fingerprint density at radius 2 is 1.93 bits per heavy atom. The van der Waals surface area contributed by atoms with E-state index in [1.165, 1.54) is 51.7 Å². The van der Waals surface area contributed by atoms with E-state index in [4.69, 9.17) is 0 Å². The summed E-state index contributed by atoms with van der Waals surface area (Å²) in [5, 5.41) is 3.39. The van der Waals surface area contributed by atoms with Crippen LogP contribution in [0.5, 0.6) is 0 Å². The molecule has 1 aliphatic heterocycles. The Morgan fingerprint density at radius 1 is 1.29 bits per heavy atom. The van der Waals surface area contributed by atoms with E-state index in [1.807, 2.05) is 0 Å². The van der Waals surface area contributed by atoms with Gasteiger partial charge in [0.25, 0.3) is 0 Å². The molecule has 2 rings (SSSR count). The lowest BCUT2D eigenvalue weighted by Gasteiger charge is -2.34. The second kappa shape index (κ2) is 4.19. The molecule has 0 spiro atoms. The third-order valence-corrected chi connectivity index (χ3v) is 4.26. The van der Waals surface area contributed by atoms with Gasteiger partial charge in [0, 0.05) is 12.6 Å². The van der Waals surface area contributed by atoms with Gasteiger partial charge in [-0.3, -0.25) is 0 Å². The molecule has 14 heavy (non-hydrogen) atoms. The van der Waals surface area contributed by atoms with E-state index < -0.39 is 0 Å². The molecule has 1 saturated carbocycles. The van der Waals surface area contributed by atoms with Crippen molar-refractivity contribution < 1.29 is 0 Å². The number of piperidine rings is 1. The minimum Gasteiger partial charge on any atom is -0.317 e. The third kappa shape index (κ3) is 2.29. The summed E-state index contributed by atoms with van der Waals surface area (Å²) in [6.45, 7) is 6.35. The van der Waals surface area contributed by atoms with E-state index in [9.17, 15) is 0 Å². The van der Waals surface area contributed by atoms with Gasteiger partial charge in [-0.2, -0.15) is 0 Å². The fourth-order valence-electron chi connectivity index (χ4n) is 2.65. The van der Waals surface area contributed by atoms with Gasteiger partial charge in [-0.05, 0) is 57.7 Å². The van der Waals surface area contributed by atoms with Crippen molar-refractivity contribution in [1.82, 2.24) is 10.2 Å². The third-order valence-electron chi connectivity index (χ3n) is 4.26. The van der Waals surface area contributed by atoms with E-state index in [-0.39, 0.29) is 0 Å². The highest BCUT2D eigenvalue weighted by atomic mass is 15.2. The van der Waals surface area contributed by atoms with Gasteiger partial charge in [0.15, 0.2) is 0 Å². The maximum Gasteiger partial charge on any atom is 0.00884 e. The predicted molar refractivity (Wildman–Crippen MR) is 60.5 cm³/mol. The van der Waals surface area contributed by atoms with Crippen LogP contribution in [0.1, 0.15) is 39.0 Å². The lowest BCUT2D eigenvalue weighted by atomic mass is 9.99. The smallest absolute Gasteiger partial charge is 0.00884 e. The molecule has 0 aromatic heterocycles. The molecular formula is C12H24N2. The zero-order chi connectivity index (χ0) is 10.0. The summed E-state index contributed by atoms with van der Waals surface area (Å²) in [7, 11) is 2.09. The number of hydrogen-bond donors (Lipinski definition) is 1. The first-order valence-corrected chi connectivity index (χ1v) is 6.18. The number of likely N-dealkylation sites (tertiary alicyclic amines) is 1. The molecule has 0 bridgehead atoms. The fraction of sp³-hybridized carbons (Fsp3) is 1.00. The van der Waals surface area contributed by atoms with Crippen LogP contribution in [0.25, 0.3) is 0 Å². The van der Waals surface area contributed by atoms with Crippen molar-refractivity contribution in [2.24, 2.45) is 5.41 Å². The molecule has 0 radical (unpaired) electrons. The summed E-state index contributed by atoms with van der Waals surface area (Å²) in [6, 6.07) is 0.781. The van der Waals surface area contributed by atoms with Crippen molar-refractivity contribution in [3.8, 4) is 0 Å². The van der Waals surface area contributed by atoms with Crippen molar-refractivity contribution in [1.29, 1.82) is 0 Å². The van der Waals surface area contributed by atoms with Crippen molar-refractivity contribution >= 4 is 0 Å². The summed E-state index contributed by atoms with van der Waals surface area (Å²) in [4.78, 5) is 2.68.